The second kappa shape index (κ2) is 8.29. The van der Waals surface area contributed by atoms with Crippen molar-refractivity contribution in [2.24, 2.45) is 0 Å². The van der Waals surface area contributed by atoms with Gasteiger partial charge in [0, 0.05) is 0 Å². The maximum atomic E-state index is 12.1. The second-order valence-electron chi connectivity index (χ2n) is 5.58. The van der Waals surface area contributed by atoms with Crippen LogP contribution in [0.1, 0.15) is 18.3 Å². The molecule has 0 atom stereocenters. The van der Waals surface area contributed by atoms with Gasteiger partial charge in [0.2, 0.25) is 0 Å². The highest BCUT2D eigenvalue weighted by atomic mass is 16.6. The van der Waals surface area contributed by atoms with E-state index < -0.39 is 22.9 Å². The van der Waals surface area contributed by atoms with Crippen molar-refractivity contribution < 1.29 is 28.8 Å². The Morgan fingerprint density at radius 2 is 2.04 bits per heavy atom. The highest BCUT2D eigenvalue weighted by molar-refractivity contribution is 5.93. The van der Waals surface area contributed by atoms with Gasteiger partial charge in [-0.3, -0.25) is 19.6 Å². The van der Waals surface area contributed by atoms with Gasteiger partial charge in [-0.05, 0) is 20.8 Å². The molecule has 0 saturated heterocycles. The van der Waals surface area contributed by atoms with E-state index in [9.17, 15) is 24.5 Å². The number of nitrogens with zero attached hydrogens (tertiary/aromatic N) is 3. The van der Waals surface area contributed by atoms with Gasteiger partial charge in [0.15, 0.2) is 0 Å². The van der Waals surface area contributed by atoms with Crippen LogP contribution in [-0.4, -0.2) is 52.4 Å². The zero-order valence-electron chi connectivity index (χ0n) is 15.0. The SMILES string of the molecule is CCOC(=O)C1=C(COC(=O)Cn2nc(C)c([N+](=O)[O-])c2C)NC(=O)NC1. The third-order valence-electron chi connectivity index (χ3n) is 3.76. The summed E-state index contributed by atoms with van der Waals surface area (Å²) in [5.74, 6) is -1.37. The number of aromatic nitrogens is 2. The molecule has 0 fully saturated rings. The number of hydrogen-bond acceptors (Lipinski definition) is 8. The van der Waals surface area contributed by atoms with Gasteiger partial charge in [-0.25, -0.2) is 9.59 Å². The predicted molar refractivity (Wildman–Crippen MR) is 89.5 cm³/mol. The molecule has 2 N–H and O–H groups in total. The van der Waals surface area contributed by atoms with E-state index in [-0.39, 0.29) is 54.6 Å². The fourth-order valence-electron chi connectivity index (χ4n) is 2.50. The number of carbonyl (C=O) groups is 3. The molecule has 27 heavy (non-hydrogen) atoms. The van der Waals surface area contributed by atoms with Crippen molar-refractivity contribution >= 4 is 23.7 Å². The summed E-state index contributed by atoms with van der Waals surface area (Å²) in [7, 11) is 0. The predicted octanol–water partition coefficient (Wildman–Crippen LogP) is 0.0813. The minimum Gasteiger partial charge on any atom is -0.463 e. The number of rotatable bonds is 7. The van der Waals surface area contributed by atoms with Crippen molar-refractivity contribution in [3.63, 3.8) is 0 Å². The monoisotopic (exact) mass is 381 g/mol. The molecule has 0 aromatic carbocycles. The van der Waals surface area contributed by atoms with Gasteiger partial charge in [-0.15, -0.1) is 0 Å². The van der Waals surface area contributed by atoms with E-state index in [1.54, 1.807) is 6.92 Å². The molecular weight excluding hydrogens is 362 g/mol. The fourth-order valence-corrected chi connectivity index (χ4v) is 2.50. The smallest absolute Gasteiger partial charge is 0.337 e. The molecular formula is C15H19N5O7. The molecule has 12 heteroatoms. The Balaban J connectivity index is 2.07. The molecule has 12 nitrogen and oxygen atoms in total. The number of esters is 2. The van der Waals surface area contributed by atoms with Crippen LogP contribution in [0.5, 0.6) is 0 Å². The van der Waals surface area contributed by atoms with Crippen LogP contribution in [0.3, 0.4) is 0 Å². The number of nitrogens with one attached hydrogen (secondary N) is 2. The summed E-state index contributed by atoms with van der Waals surface area (Å²) >= 11 is 0. The van der Waals surface area contributed by atoms with Gasteiger partial charge >= 0.3 is 23.7 Å². The lowest BCUT2D eigenvalue weighted by molar-refractivity contribution is -0.386. The molecule has 0 spiro atoms. The maximum absolute atomic E-state index is 12.1. The summed E-state index contributed by atoms with van der Waals surface area (Å²) in [6, 6.07) is -0.539. The van der Waals surface area contributed by atoms with E-state index in [2.05, 4.69) is 15.7 Å². The van der Waals surface area contributed by atoms with Crippen LogP contribution in [0.25, 0.3) is 0 Å². The zero-order chi connectivity index (χ0) is 20.1. The third-order valence-corrected chi connectivity index (χ3v) is 3.76. The summed E-state index contributed by atoms with van der Waals surface area (Å²) in [5, 5.41) is 19.8. The lowest BCUT2D eigenvalue weighted by atomic mass is 10.2. The van der Waals surface area contributed by atoms with E-state index >= 15 is 0 Å². The van der Waals surface area contributed by atoms with Crippen molar-refractivity contribution in [1.29, 1.82) is 0 Å². The van der Waals surface area contributed by atoms with Gasteiger partial charge in [-0.1, -0.05) is 0 Å². The minimum atomic E-state index is -0.737. The van der Waals surface area contributed by atoms with Crippen LogP contribution >= 0.6 is 0 Å². The Labute approximate surface area is 153 Å². The zero-order valence-corrected chi connectivity index (χ0v) is 15.0. The molecule has 1 aromatic rings. The van der Waals surface area contributed by atoms with Gasteiger partial charge in [0.1, 0.15) is 24.5 Å². The van der Waals surface area contributed by atoms with E-state index in [0.717, 1.165) is 4.68 Å². The molecule has 146 valence electrons. The van der Waals surface area contributed by atoms with Crippen molar-refractivity contribution in [2.45, 2.75) is 27.3 Å². The van der Waals surface area contributed by atoms with E-state index in [1.165, 1.54) is 13.8 Å². The number of amides is 2. The highest BCUT2D eigenvalue weighted by Gasteiger charge is 2.26. The summed E-state index contributed by atoms with van der Waals surface area (Å²) in [4.78, 5) is 45.9. The topological polar surface area (TPSA) is 155 Å². The summed E-state index contributed by atoms with van der Waals surface area (Å²) in [5.41, 5.74) is 0.496. The molecule has 1 aliphatic rings. The van der Waals surface area contributed by atoms with Crippen molar-refractivity contribution in [2.75, 3.05) is 19.8 Å². The fraction of sp³-hybridized carbons (Fsp3) is 0.467. The molecule has 0 aliphatic carbocycles. The quantitative estimate of drug-likeness (QED) is 0.382. The normalized spacial score (nSPS) is 13.7. The molecule has 2 amide bonds. The van der Waals surface area contributed by atoms with Crippen LogP contribution in [0.15, 0.2) is 11.3 Å². The minimum absolute atomic E-state index is 0.0544. The van der Waals surface area contributed by atoms with Crippen molar-refractivity contribution in [3.05, 3.63) is 32.8 Å². The first kappa shape index (κ1) is 19.9. The number of aryl methyl sites for hydroxylation is 1. The van der Waals surface area contributed by atoms with Crippen LogP contribution < -0.4 is 10.6 Å². The van der Waals surface area contributed by atoms with Gasteiger partial charge in [0.05, 0.1) is 29.3 Å². The van der Waals surface area contributed by atoms with Crippen molar-refractivity contribution in [3.8, 4) is 0 Å². The Hall–Kier alpha value is -3.44. The first-order valence-corrected chi connectivity index (χ1v) is 8.02. The third kappa shape index (κ3) is 4.59. The molecule has 2 heterocycles. The Kier molecular flexibility index (Phi) is 6.11. The number of urea groups is 1. The summed E-state index contributed by atoms with van der Waals surface area (Å²) < 4.78 is 11.1. The van der Waals surface area contributed by atoms with Gasteiger partial charge in [0.25, 0.3) is 0 Å². The lowest BCUT2D eigenvalue weighted by Gasteiger charge is -2.21. The molecule has 2 rings (SSSR count). The van der Waals surface area contributed by atoms with Crippen LogP contribution in [0, 0.1) is 24.0 Å². The average Bonchev–Trinajstić information content (AvgIpc) is 2.86. The molecule has 0 radical (unpaired) electrons. The summed E-state index contributed by atoms with van der Waals surface area (Å²) in [6.45, 7) is 3.96. The van der Waals surface area contributed by atoms with E-state index in [4.69, 9.17) is 9.47 Å². The highest BCUT2D eigenvalue weighted by Crippen LogP contribution is 2.21. The Morgan fingerprint density at radius 3 is 2.63 bits per heavy atom. The molecule has 0 unspecified atom stereocenters. The van der Waals surface area contributed by atoms with Crippen molar-refractivity contribution in [1.82, 2.24) is 20.4 Å². The number of hydrogen-bond donors (Lipinski definition) is 2. The van der Waals surface area contributed by atoms with Crippen LogP contribution in [0.2, 0.25) is 0 Å². The van der Waals surface area contributed by atoms with Gasteiger partial charge in [-0.2, -0.15) is 5.10 Å². The maximum Gasteiger partial charge on any atom is 0.337 e. The second-order valence-corrected chi connectivity index (χ2v) is 5.58. The number of ether oxygens (including phenoxy) is 2. The standard InChI is InChI=1S/C15H19N5O7/c1-4-26-14(22)10-5-16-15(23)17-11(10)7-27-12(21)6-19-9(3)13(20(24)25)8(2)18-19/h4-7H2,1-3H3,(H2,16,17,23). The Bertz CT molecular complexity index is 827. The lowest BCUT2D eigenvalue weighted by Crippen LogP contribution is -2.45. The first-order valence-electron chi connectivity index (χ1n) is 8.02. The van der Waals surface area contributed by atoms with Crippen LogP contribution in [-0.2, 0) is 25.6 Å². The Morgan fingerprint density at radius 1 is 1.33 bits per heavy atom. The number of carbonyl (C=O) groups excluding carboxylic acids is 3. The number of nitro groups is 1. The molecule has 1 aromatic heterocycles. The van der Waals surface area contributed by atoms with E-state index in [1.807, 2.05) is 0 Å². The molecule has 0 bridgehead atoms. The van der Waals surface area contributed by atoms with Crippen LogP contribution in [0.4, 0.5) is 10.5 Å². The first-order chi connectivity index (χ1) is 12.7. The largest absolute Gasteiger partial charge is 0.463 e. The van der Waals surface area contributed by atoms with E-state index in [0.29, 0.717) is 0 Å². The molecule has 0 saturated carbocycles. The van der Waals surface area contributed by atoms with Gasteiger partial charge < -0.3 is 20.1 Å². The average molecular weight is 381 g/mol. The summed E-state index contributed by atoms with van der Waals surface area (Å²) in [6.07, 6.45) is 0. The molecule has 1 aliphatic heterocycles.